The fraction of sp³-hybridized carbons (Fsp3) is 0.636. The molecule has 1 amide bonds. The maximum Gasteiger partial charge on any atom is 0.223 e. The summed E-state index contributed by atoms with van der Waals surface area (Å²) in [7, 11) is -3.13. The number of H-pyrrole nitrogens is 1. The summed E-state index contributed by atoms with van der Waals surface area (Å²) in [5.74, 6) is -0.135. The summed E-state index contributed by atoms with van der Waals surface area (Å²) in [6, 6.07) is 0. The van der Waals surface area contributed by atoms with E-state index >= 15 is 0 Å². The largest absolute Gasteiger partial charge is 0.350 e. The van der Waals surface area contributed by atoms with Crippen LogP contribution >= 0.6 is 0 Å². The summed E-state index contributed by atoms with van der Waals surface area (Å²) in [4.78, 5) is 18.7. The number of nitrogens with zero attached hydrogens (tertiary/aromatic N) is 2. The lowest BCUT2D eigenvalue weighted by Crippen LogP contribution is -2.42. The van der Waals surface area contributed by atoms with Crippen molar-refractivity contribution in [1.82, 2.24) is 19.6 Å². The number of piperidine rings is 1. The van der Waals surface area contributed by atoms with Crippen LogP contribution in [0.5, 0.6) is 0 Å². The summed E-state index contributed by atoms with van der Waals surface area (Å²) in [6.07, 6.45) is 5.56. The summed E-state index contributed by atoms with van der Waals surface area (Å²) in [5.41, 5.74) is 0.849. The maximum absolute atomic E-state index is 11.9. The average molecular weight is 286 g/mol. The van der Waals surface area contributed by atoms with Gasteiger partial charge in [-0.3, -0.25) is 4.79 Å². The molecule has 1 aromatic heterocycles. The number of rotatable bonds is 4. The second-order valence-electron chi connectivity index (χ2n) is 4.73. The third-order valence-electron chi connectivity index (χ3n) is 3.30. The van der Waals surface area contributed by atoms with Crippen molar-refractivity contribution < 1.29 is 13.2 Å². The van der Waals surface area contributed by atoms with Crippen LogP contribution < -0.4 is 5.32 Å². The smallest absolute Gasteiger partial charge is 0.223 e. The number of carbonyl (C=O) groups excluding carboxylic acids is 1. The van der Waals surface area contributed by atoms with Crippen molar-refractivity contribution in [3.8, 4) is 0 Å². The van der Waals surface area contributed by atoms with Gasteiger partial charge in [-0.15, -0.1) is 0 Å². The number of amides is 1. The number of carbonyl (C=O) groups is 1. The molecule has 0 aliphatic carbocycles. The molecule has 8 heteroatoms. The molecule has 2 heterocycles. The zero-order chi connectivity index (χ0) is 13.9. The monoisotopic (exact) mass is 286 g/mol. The Labute approximate surface area is 112 Å². The molecule has 2 N–H and O–H groups in total. The van der Waals surface area contributed by atoms with Crippen LogP contribution in [0.1, 0.15) is 18.5 Å². The lowest BCUT2D eigenvalue weighted by atomic mass is 9.97. The van der Waals surface area contributed by atoms with Crippen LogP contribution in [-0.4, -0.2) is 47.9 Å². The fourth-order valence-electron chi connectivity index (χ4n) is 2.16. The molecule has 0 radical (unpaired) electrons. The standard InChI is InChI=1S/C11H18N4O3S/c1-19(17,18)15-4-2-9(3-5-15)11(16)13-7-10-6-12-8-14-10/h6,8-9H,2-5,7H2,1H3,(H,12,14)(H,13,16). The van der Waals surface area contributed by atoms with E-state index < -0.39 is 10.0 Å². The number of aromatic nitrogens is 2. The molecular weight excluding hydrogens is 268 g/mol. The molecule has 0 spiro atoms. The number of hydrogen-bond acceptors (Lipinski definition) is 4. The van der Waals surface area contributed by atoms with Crippen molar-refractivity contribution in [2.45, 2.75) is 19.4 Å². The molecule has 2 rings (SSSR count). The van der Waals surface area contributed by atoms with Gasteiger partial charge in [-0.2, -0.15) is 0 Å². The van der Waals surface area contributed by atoms with Crippen LogP contribution in [0.15, 0.2) is 12.5 Å². The lowest BCUT2D eigenvalue weighted by molar-refractivity contribution is -0.126. The summed E-state index contributed by atoms with van der Waals surface area (Å²) < 4.78 is 24.1. The quantitative estimate of drug-likeness (QED) is 0.794. The Morgan fingerprint density at radius 1 is 1.53 bits per heavy atom. The van der Waals surface area contributed by atoms with Crippen molar-refractivity contribution in [2.75, 3.05) is 19.3 Å². The van der Waals surface area contributed by atoms with Crippen LogP contribution in [0.2, 0.25) is 0 Å². The van der Waals surface area contributed by atoms with Crippen LogP contribution in [0, 0.1) is 5.92 Å². The highest BCUT2D eigenvalue weighted by Crippen LogP contribution is 2.19. The average Bonchev–Trinajstić information content (AvgIpc) is 2.88. The summed E-state index contributed by atoms with van der Waals surface area (Å²) in [5, 5.41) is 2.83. The van der Waals surface area contributed by atoms with Crippen LogP contribution in [0.3, 0.4) is 0 Å². The van der Waals surface area contributed by atoms with Crippen molar-refractivity contribution >= 4 is 15.9 Å². The van der Waals surface area contributed by atoms with E-state index in [0.717, 1.165) is 5.69 Å². The third kappa shape index (κ3) is 3.77. The van der Waals surface area contributed by atoms with Crippen LogP contribution in [0.4, 0.5) is 0 Å². The molecule has 1 aliphatic rings. The van der Waals surface area contributed by atoms with Crippen molar-refractivity contribution in [3.05, 3.63) is 18.2 Å². The zero-order valence-corrected chi connectivity index (χ0v) is 11.6. The van der Waals surface area contributed by atoms with E-state index in [1.54, 1.807) is 12.5 Å². The SMILES string of the molecule is CS(=O)(=O)N1CCC(C(=O)NCc2cnc[nH]2)CC1. The Balaban J connectivity index is 1.79. The number of imidazole rings is 1. The Morgan fingerprint density at radius 2 is 2.21 bits per heavy atom. The second kappa shape index (κ2) is 5.70. The molecular formula is C11H18N4O3S. The molecule has 1 saturated heterocycles. The molecule has 1 fully saturated rings. The Bertz CT molecular complexity index is 518. The maximum atomic E-state index is 11.9. The van der Waals surface area contributed by atoms with Crippen LogP contribution in [0.25, 0.3) is 0 Å². The van der Waals surface area contributed by atoms with E-state index in [2.05, 4.69) is 15.3 Å². The minimum atomic E-state index is -3.13. The molecule has 0 unspecified atom stereocenters. The molecule has 1 aromatic rings. The van der Waals surface area contributed by atoms with Gasteiger partial charge >= 0.3 is 0 Å². The fourth-order valence-corrected chi connectivity index (χ4v) is 3.03. The first-order chi connectivity index (χ1) is 8.97. The van der Waals surface area contributed by atoms with Gasteiger partial charge in [0.25, 0.3) is 0 Å². The van der Waals surface area contributed by atoms with Gasteiger partial charge in [0.2, 0.25) is 15.9 Å². The van der Waals surface area contributed by atoms with Gasteiger partial charge < -0.3 is 10.3 Å². The lowest BCUT2D eigenvalue weighted by Gasteiger charge is -2.29. The number of aromatic amines is 1. The van der Waals surface area contributed by atoms with Crippen LogP contribution in [-0.2, 0) is 21.4 Å². The summed E-state index contributed by atoms with van der Waals surface area (Å²) >= 11 is 0. The molecule has 0 atom stereocenters. The predicted octanol–water partition coefficient (Wildman–Crippen LogP) is -0.302. The highest BCUT2D eigenvalue weighted by Gasteiger charge is 2.28. The van der Waals surface area contributed by atoms with Gasteiger partial charge in [-0.05, 0) is 12.8 Å². The van der Waals surface area contributed by atoms with Gasteiger partial charge in [0.15, 0.2) is 0 Å². The van der Waals surface area contributed by atoms with E-state index in [1.165, 1.54) is 10.6 Å². The molecule has 0 aromatic carbocycles. The van der Waals surface area contributed by atoms with Crippen molar-refractivity contribution in [2.24, 2.45) is 5.92 Å². The Hall–Kier alpha value is -1.41. The van der Waals surface area contributed by atoms with Gasteiger partial charge in [-0.1, -0.05) is 0 Å². The predicted molar refractivity (Wildman–Crippen MR) is 69.6 cm³/mol. The normalized spacial score (nSPS) is 18.4. The van der Waals surface area contributed by atoms with Gasteiger partial charge in [-0.25, -0.2) is 17.7 Å². The van der Waals surface area contributed by atoms with E-state index in [4.69, 9.17) is 0 Å². The zero-order valence-electron chi connectivity index (χ0n) is 10.8. The van der Waals surface area contributed by atoms with E-state index in [0.29, 0.717) is 32.5 Å². The molecule has 1 aliphatic heterocycles. The minimum Gasteiger partial charge on any atom is -0.350 e. The molecule has 19 heavy (non-hydrogen) atoms. The first-order valence-corrected chi connectivity index (χ1v) is 8.02. The van der Waals surface area contributed by atoms with Crippen molar-refractivity contribution in [1.29, 1.82) is 0 Å². The molecule has 7 nitrogen and oxygen atoms in total. The number of hydrogen-bond donors (Lipinski definition) is 2. The van der Waals surface area contributed by atoms with Gasteiger partial charge in [0, 0.05) is 25.2 Å². The highest BCUT2D eigenvalue weighted by atomic mass is 32.2. The van der Waals surface area contributed by atoms with Gasteiger partial charge in [0.05, 0.1) is 24.8 Å². The van der Waals surface area contributed by atoms with E-state index in [9.17, 15) is 13.2 Å². The number of nitrogens with one attached hydrogen (secondary N) is 2. The topological polar surface area (TPSA) is 95.2 Å². The first kappa shape index (κ1) is 14.0. The third-order valence-corrected chi connectivity index (χ3v) is 4.60. The Kier molecular flexibility index (Phi) is 4.20. The number of sulfonamides is 1. The van der Waals surface area contributed by atoms with Crippen molar-refractivity contribution in [3.63, 3.8) is 0 Å². The minimum absolute atomic E-state index is 0.0252. The summed E-state index contributed by atoms with van der Waals surface area (Å²) in [6.45, 7) is 1.26. The van der Waals surface area contributed by atoms with E-state index in [-0.39, 0.29) is 11.8 Å². The van der Waals surface area contributed by atoms with Gasteiger partial charge in [0.1, 0.15) is 0 Å². The Morgan fingerprint density at radius 3 is 2.74 bits per heavy atom. The second-order valence-corrected chi connectivity index (χ2v) is 6.71. The molecule has 106 valence electrons. The first-order valence-electron chi connectivity index (χ1n) is 6.17. The highest BCUT2D eigenvalue weighted by molar-refractivity contribution is 7.88. The van der Waals surface area contributed by atoms with E-state index in [1.807, 2.05) is 0 Å². The molecule has 0 saturated carbocycles. The molecule has 0 bridgehead atoms.